The molecule has 1 heterocycles. The fraction of sp³-hybridized carbons (Fsp3) is 0.417. The minimum Gasteiger partial charge on any atom is -0.398 e. The number of amides is 1. The Morgan fingerprint density at radius 3 is 3.00 bits per heavy atom. The van der Waals surface area contributed by atoms with E-state index in [0.29, 0.717) is 38.4 Å². The van der Waals surface area contributed by atoms with E-state index in [-0.39, 0.29) is 5.91 Å². The standard InChI is InChI=1S/C12H15BrN2O2/c13-10-2-1-3-11(14)9(10)8-15-5-7-17-6-4-12(15)16/h1-3H,4-8,14H2. The van der Waals surface area contributed by atoms with Gasteiger partial charge in [0.05, 0.1) is 19.6 Å². The molecule has 0 aromatic heterocycles. The maximum Gasteiger partial charge on any atom is 0.225 e. The summed E-state index contributed by atoms with van der Waals surface area (Å²) in [5, 5.41) is 0. The Hall–Kier alpha value is -1.07. The Kier molecular flexibility index (Phi) is 4.02. The molecule has 92 valence electrons. The smallest absolute Gasteiger partial charge is 0.225 e. The highest BCUT2D eigenvalue weighted by atomic mass is 79.9. The summed E-state index contributed by atoms with van der Waals surface area (Å²) in [4.78, 5) is 13.6. The van der Waals surface area contributed by atoms with Gasteiger partial charge in [0.1, 0.15) is 0 Å². The maximum absolute atomic E-state index is 11.8. The molecule has 0 aliphatic carbocycles. The van der Waals surface area contributed by atoms with Crippen molar-refractivity contribution in [2.24, 2.45) is 0 Å². The number of ether oxygens (including phenoxy) is 1. The van der Waals surface area contributed by atoms with Crippen LogP contribution in [0.1, 0.15) is 12.0 Å². The molecule has 2 N–H and O–H groups in total. The van der Waals surface area contributed by atoms with Gasteiger partial charge in [0.25, 0.3) is 0 Å². The van der Waals surface area contributed by atoms with E-state index in [1.165, 1.54) is 0 Å². The third-order valence-corrected chi connectivity index (χ3v) is 3.57. The number of carbonyl (C=O) groups is 1. The van der Waals surface area contributed by atoms with Crippen LogP contribution in [0.2, 0.25) is 0 Å². The molecule has 1 aromatic carbocycles. The summed E-state index contributed by atoms with van der Waals surface area (Å²) in [7, 11) is 0. The molecule has 1 aromatic rings. The van der Waals surface area contributed by atoms with Gasteiger partial charge in [-0.3, -0.25) is 4.79 Å². The van der Waals surface area contributed by atoms with Gasteiger partial charge in [-0.25, -0.2) is 0 Å². The summed E-state index contributed by atoms with van der Waals surface area (Å²) in [5.41, 5.74) is 7.59. The quantitative estimate of drug-likeness (QED) is 0.847. The third kappa shape index (κ3) is 2.98. The average Bonchev–Trinajstić information content (AvgIpc) is 2.49. The number of anilines is 1. The van der Waals surface area contributed by atoms with Gasteiger partial charge >= 0.3 is 0 Å². The van der Waals surface area contributed by atoms with Gasteiger partial charge in [0.2, 0.25) is 5.91 Å². The van der Waals surface area contributed by atoms with E-state index < -0.39 is 0 Å². The lowest BCUT2D eigenvalue weighted by atomic mass is 10.1. The zero-order valence-electron chi connectivity index (χ0n) is 9.49. The van der Waals surface area contributed by atoms with E-state index in [0.717, 1.165) is 10.0 Å². The van der Waals surface area contributed by atoms with Crippen LogP contribution in [0.25, 0.3) is 0 Å². The highest BCUT2D eigenvalue weighted by molar-refractivity contribution is 9.10. The predicted octanol–water partition coefficient (Wildman–Crippen LogP) is 1.78. The molecule has 17 heavy (non-hydrogen) atoms. The summed E-state index contributed by atoms with van der Waals surface area (Å²) < 4.78 is 6.23. The van der Waals surface area contributed by atoms with Crippen LogP contribution >= 0.6 is 15.9 Å². The topological polar surface area (TPSA) is 55.6 Å². The monoisotopic (exact) mass is 298 g/mol. The number of nitrogen functional groups attached to an aromatic ring is 1. The molecule has 0 bridgehead atoms. The molecule has 0 radical (unpaired) electrons. The molecule has 5 heteroatoms. The second-order valence-corrected chi connectivity index (χ2v) is 4.84. The fourth-order valence-electron chi connectivity index (χ4n) is 1.82. The molecule has 2 rings (SSSR count). The van der Waals surface area contributed by atoms with E-state index in [1.807, 2.05) is 18.2 Å². The van der Waals surface area contributed by atoms with Gasteiger partial charge in [-0.05, 0) is 12.1 Å². The Morgan fingerprint density at radius 1 is 1.41 bits per heavy atom. The Bertz CT molecular complexity index is 403. The molecule has 0 saturated carbocycles. The summed E-state index contributed by atoms with van der Waals surface area (Å²) in [6.07, 6.45) is 0.449. The molecule has 4 nitrogen and oxygen atoms in total. The first kappa shape index (κ1) is 12.4. The van der Waals surface area contributed by atoms with Crippen molar-refractivity contribution in [2.45, 2.75) is 13.0 Å². The molecule has 0 spiro atoms. The van der Waals surface area contributed by atoms with Crippen molar-refractivity contribution in [3.8, 4) is 0 Å². The lowest BCUT2D eigenvalue weighted by Gasteiger charge is -2.21. The van der Waals surface area contributed by atoms with E-state index in [9.17, 15) is 4.79 Å². The minimum atomic E-state index is 0.123. The molecule has 1 saturated heterocycles. The van der Waals surface area contributed by atoms with Crippen LogP contribution in [0.3, 0.4) is 0 Å². The van der Waals surface area contributed by atoms with E-state index >= 15 is 0 Å². The van der Waals surface area contributed by atoms with Crippen molar-refractivity contribution in [2.75, 3.05) is 25.5 Å². The van der Waals surface area contributed by atoms with Crippen LogP contribution in [0.15, 0.2) is 22.7 Å². The van der Waals surface area contributed by atoms with Crippen molar-refractivity contribution in [1.29, 1.82) is 0 Å². The minimum absolute atomic E-state index is 0.123. The molecular formula is C12H15BrN2O2. The fourth-order valence-corrected chi connectivity index (χ4v) is 2.33. The van der Waals surface area contributed by atoms with E-state index in [4.69, 9.17) is 10.5 Å². The predicted molar refractivity (Wildman–Crippen MR) is 69.4 cm³/mol. The second-order valence-electron chi connectivity index (χ2n) is 3.99. The molecule has 0 unspecified atom stereocenters. The molecule has 0 atom stereocenters. The van der Waals surface area contributed by atoms with Gasteiger partial charge in [-0.2, -0.15) is 0 Å². The van der Waals surface area contributed by atoms with Crippen molar-refractivity contribution in [1.82, 2.24) is 4.90 Å². The highest BCUT2D eigenvalue weighted by Gasteiger charge is 2.18. The van der Waals surface area contributed by atoms with Crippen LogP contribution in [0, 0.1) is 0 Å². The third-order valence-electron chi connectivity index (χ3n) is 2.82. The first-order valence-corrected chi connectivity index (χ1v) is 6.36. The van der Waals surface area contributed by atoms with Gasteiger partial charge < -0.3 is 15.4 Å². The largest absolute Gasteiger partial charge is 0.398 e. The Labute approximate surface area is 109 Å². The lowest BCUT2D eigenvalue weighted by Crippen LogP contribution is -2.31. The van der Waals surface area contributed by atoms with Crippen LogP contribution < -0.4 is 5.73 Å². The molecule has 1 aliphatic rings. The maximum atomic E-state index is 11.8. The number of nitrogens with zero attached hydrogens (tertiary/aromatic N) is 1. The number of rotatable bonds is 2. The van der Waals surface area contributed by atoms with Gasteiger partial charge in [0.15, 0.2) is 0 Å². The number of halogens is 1. The summed E-state index contributed by atoms with van der Waals surface area (Å²) in [6, 6.07) is 5.67. The zero-order valence-corrected chi connectivity index (χ0v) is 11.1. The normalized spacial score (nSPS) is 17.0. The number of hydrogen-bond donors (Lipinski definition) is 1. The molecular weight excluding hydrogens is 284 g/mol. The summed E-state index contributed by atoms with van der Waals surface area (Å²) in [6.45, 7) is 2.27. The van der Waals surface area contributed by atoms with E-state index in [2.05, 4.69) is 15.9 Å². The van der Waals surface area contributed by atoms with Crippen molar-refractivity contribution in [3.63, 3.8) is 0 Å². The number of hydrogen-bond acceptors (Lipinski definition) is 3. The SMILES string of the molecule is Nc1cccc(Br)c1CN1CCOCCC1=O. The van der Waals surface area contributed by atoms with Gasteiger partial charge in [-0.1, -0.05) is 22.0 Å². The van der Waals surface area contributed by atoms with E-state index in [1.54, 1.807) is 4.90 Å². The molecule has 1 aliphatic heterocycles. The summed E-state index contributed by atoms with van der Waals surface area (Å²) in [5.74, 6) is 0.123. The van der Waals surface area contributed by atoms with Crippen LogP contribution in [0.5, 0.6) is 0 Å². The van der Waals surface area contributed by atoms with Crippen molar-refractivity contribution >= 4 is 27.5 Å². The first-order valence-electron chi connectivity index (χ1n) is 5.57. The van der Waals surface area contributed by atoms with Crippen LogP contribution in [-0.4, -0.2) is 30.6 Å². The lowest BCUT2D eigenvalue weighted by molar-refractivity contribution is -0.130. The summed E-state index contributed by atoms with van der Waals surface area (Å²) >= 11 is 3.46. The number of carbonyl (C=O) groups excluding carboxylic acids is 1. The zero-order chi connectivity index (χ0) is 12.3. The highest BCUT2D eigenvalue weighted by Crippen LogP contribution is 2.24. The number of nitrogens with two attached hydrogens (primary N) is 1. The van der Waals surface area contributed by atoms with Gasteiger partial charge in [0, 0.05) is 28.8 Å². The Morgan fingerprint density at radius 2 is 2.24 bits per heavy atom. The van der Waals surface area contributed by atoms with Crippen molar-refractivity contribution < 1.29 is 9.53 Å². The number of benzene rings is 1. The van der Waals surface area contributed by atoms with Crippen LogP contribution in [-0.2, 0) is 16.1 Å². The molecule has 1 fully saturated rings. The average molecular weight is 299 g/mol. The van der Waals surface area contributed by atoms with Gasteiger partial charge in [-0.15, -0.1) is 0 Å². The van der Waals surface area contributed by atoms with Crippen molar-refractivity contribution in [3.05, 3.63) is 28.2 Å². The molecule has 1 amide bonds. The Balaban J connectivity index is 2.16. The first-order chi connectivity index (χ1) is 8.18. The second kappa shape index (κ2) is 5.51. The van der Waals surface area contributed by atoms with Crippen LogP contribution in [0.4, 0.5) is 5.69 Å².